The van der Waals surface area contributed by atoms with Crippen molar-refractivity contribution in [1.29, 1.82) is 0 Å². The van der Waals surface area contributed by atoms with Gasteiger partial charge in [0.15, 0.2) is 0 Å². The maximum absolute atomic E-state index is 11.5. The molecule has 0 saturated heterocycles. The first-order valence-corrected chi connectivity index (χ1v) is 11.8. The first kappa shape index (κ1) is 21.6. The highest BCUT2D eigenvalue weighted by Crippen LogP contribution is 2.68. The molecule has 11 atom stereocenters. The molecule has 0 spiro atoms. The van der Waals surface area contributed by atoms with Gasteiger partial charge >= 0.3 is 5.97 Å². The van der Waals surface area contributed by atoms with E-state index in [1.807, 2.05) is 0 Å². The summed E-state index contributed by atoms with van der Waals surface area (Å²) >= 11 is 0. The fraction of sp³-hybridized carbons (Fsp3) is 0.958. The SMILES string of the molecule is C[C@H](CCC(=O)O)[C@H]1CCC2[C@@H]3[C@H](O)C[C@@H]4C[C@@H](O)CC[C@]4(C)[C@H]3C[C@H](O)[C@@]21C. The Morgan fingerprint density at radius 2 is 1.76 bits per heavy atom. The van der Waals surface area contributed by atoms with E-state index < -0.39 is 12.1 Å². The topological polar surface area (TPSA) is 98.0 Å². The monoisotopic (exact) mass is 408 g/mol. The molecule has 4 N–H and O–H groups in total. The molecular formula is C24H40O5. The van der Waals surface area contributed by atoms with Crippen LogP contribution >= 0.6 is 0 Å². The maximum Gasteiger partial charge on any atom is 0.303 e. The van der Waals surface area contributed by atoms with E-state index >= 15 is 0 Å². The predicted molar refractivity (Wildman–Crippen MR) is 110 cm³/mol. The van der Waals surface area contributed by atoms with Crippen LogP contribution in [0.2, 0.25) is 0 Å². The van der Waals surface area contributed by atoms with Gasteiger partial charge in [0.05, 0.1) is 18.3 Å². The molecule has 29 heavy (non-hydrogen) atoms. The molecule has 4 rings (SSSR count). The summed E-state index contributed by atoms with van der Waals surface area (Å²) in [7, 11) is 0. The molecule has 5 nitrogen and oxygen atoms in total. The number of fused-ring (bicyclic) bond motifs is 5. The molecule has 0 aromatic carbocycles. The Morgan fingerprint density at radius 3 is 2.45 bits per heavy atom. The highest BCUT2D eigenvalue weighted by atomic mass is 16.4. The Labute approximate surface area is 174 Å². The maximum atomic E-state index is 11.5. The minimum absolute atomic E-state index is 0.0957. The number of aliphatic carboxylic acids is 1. The van der Waals surface area contributed by atoms with Crippen LogP contribution in [-0.4, -0.2) is 44.7 Å². The van der Waals surface area contributed by atoms with Gasteiger partial charge in [0.1, 0.15) is 0 Å². The van der Waals surface area contributed by atoms with Crippen LogP contribution in [0.5, 0.6) is 0 Å². The number of aliphatic hydroxyl groups is 3. The minimum Gasteiger partial charge on any atom is -0.481 e. The lowest BCUT2D eigenvalue weighted by atomic mass is 9.43. The van der Waals surface area contributed by atoms with Gasteiger partial charge in [0.25, 0.3) is 0 Å². The third-order valence-corrected chi connectivity index (χ3v) is 10.3. The zero-order chi connectivity index (χ0) is 21.1. The summed E-state index contributed by atoms with van der Waals surface area (Å²) in [4.78, 5) is 11.1. The first-order valence-electron chi connectivity index (χ1n) is 11.8. The molecule has 0 aromatic rings. The van der Waals surface area contributed by atoms with Crippen LogP contribution in [0, 0.1) is 46.3 Å². The molecule has 4 saturated carbocycles. The highest BCUT2D eigenvalue weighted by Gasteiger charge is 2.65. The molecule has 0 amide bonds. The Morgan fingerprint density at radius 1 is 1.03 bits per heavy atom. The second-order valence-corrected chi connectivity index (χ2v) is 11.4. The van der Waals surface area contributed by atoms with Crippen molar-refractivity contribution in [3.8, 4) is 0 Å². The van der Waals surface area contributed by atoms with E-state index in [9.17, 15) is 20.1 Å². The van der Waals surface area contributed by atoms with Crippen LogP contribution < -0.4 is 0 Å². The van der Waals surface area contributed by atoms with Crippen LogP contribution in [0.1, 0.15) is 78.6 Å². The number of carboxylic acids is 1. The molecule has 0 aliphatic heterocycles. The lowest BCUT2D eigenvalue weighted by Crippen LogP contribution is -2.62. The summed E-state index contributed by atoms with van der Waals surface area (Å²) < 4.78 is 0. The Hall–Kier alpha value is -0.650. The molecule has 0 heterocycles. The molecule has 0 bridgehead atoms. The lowest BCUT2D eigenvalue weighted by Gasteiger charge is -2.63. The Kier molecular flexibility index (Phi) is 5.57. The molecule has 4 aliphatic rings. The molecule has 0 radical (unpaired) electrons. The lowest BCUT2D eigenvalue weighted by molar-refractivity contribution is -0.207. The summed E-state index contributed by atoms with van der Waals surface area (Å²) in [6.07, 6.45) is 6.00. The Bertz CT molecular complexity index is 637. The second-order valence-electron chi connectivity index (χ2n) is 11.4. The van der Waals surface area contributed by atoms with Gasteiger partial charge in [-0.3, -0.25) is 4.79 Å². The number of carbonyl (C=O) groups is 1. The van der Waals surface area contributed by atoms with Crippen molar-refractivity contribution in [2.24, 2.45) is 46.3 Å². The number of carboxylic acid groups (broad SMARTS) is 1. The zero-order valence-electron chi connectivity index (χ0n) is 18.3. The molecule has 0 aromatic heterocycles. The average Bonchev–Trinajstić information content (AvgIpc) is 3.01. The number of rotatable bonds is 4. The molecular weight excluding hydrogens is 368 g/mol. The summed E-state index contributed by atoms with van der Waals surface area (Å²) in [5.41, 5.74) is -0.143. The fourth-order valence-corrected chi connectivity index (χ4v) is 8.68. The van der Waals surface area contributed by atoms with E-state index in [2.05, 4.69) is 20.8 Å². The minimum atomic E-state index is -0.748. The number of aliphatic hydroxyl groups excluding tert-OH is 3. The van der Waals surface area contributed by atoms with E-state index in [1.54, 1.807) is 0 Å². The first-order chi connectivity index (χ1) is 13.6. The Balaban J connectivity index is 1.61. The van der Waals surface area contributed by atoms with Crippen LogP contribution in [0.25, 0.3) is 0 Å². The van der Waals surface area contributed by atoms with E-state index in [1.165, 1.54) is 0 Å². The van der Waals surface area contributed by atoms with E-state index in [4.69, 9.17) is 5.11 Å². The van der Waals surface area contributed by atoms with Gasteiger partial charge in [-0.05, 0) is 97.7 Å². The van der Waals surface area contributed by atoms with E-state index in [0.717, 1.165) is 44.9 Å². The zero-order valence-corrected chi connectivity index (χ0v) is 18.3. The van der Waals surface area contributed by atoms with Crippen molar-refractivity contribution in [1.82, 2.24) is 0 Å². The second kappa shape index (κ2) is 7.49. The molecule has 5 heteroatoms. The molecule has 166 valence electrons. The predicted octanol–water partition coefficient (Wildman–Crippen LogP) is 3.45. The third kappa shape index (κ3) is 3.27. The van der Waals surface area contributed by atoms with Crippen molar-refractivity contribution in [2.45, 2.75) is 96.9 Å². The van der Waals surface area contributed by atoms with Crippen molar-refractivity contribution in [3.63, 3.8) is 0 Å². The van der Waals surface area contributed by atoms with Crippen LogP contribution in [0.15, 0.2) is 0 Å². The summed E-state index contributed by atoms with van der Waals surface area (Å²) in [5.74, 6) is 0.997. The van der Waals surface area contributed by atoms with Gasteiger partial charge in [-0.15, -0.1) is 0 Å². The van der Waals surface area contributed by atoms with Gasteiger partial charge in [-0.1, -0.05) is 20.8 Å². The third-order valence-electron chi connectivity index (χ3n) is 10.3. The quantitative estimate of drug-likeness (QED) is 0.571. The van der Waals surface area contributed by atoms with Gasteiger partial charge in [0, 0.05) is 6.42 Å². The summed E-state index contributed by atoms with van der Waals surface area (Å²) in [5, 5.41) is 42.0. The standard InChI is InChI=1S/C24H40O5/c1-13(4-7-21(28)29)16-5-6-17-22-18(12-20(27)24(16,17)3)23(2)9-8-15(25)10-14(23)11-19(22)26/h13-20,22,25-27H,4-12H2,1-3H3,(H,28,29)/t13-,14+,15+,16-,17?,18+,19-,20+,22+,23+,24-/m1/s1. The number of hydrogen-bond acceptors (Lipinski definition) is 4. The molecule has 1 unspecified atom stereocenters. The number of hydrogen-bond donors (Lipinski definition) is 4. The molecule has 4 fully saturated rings. The van der Waals surface area contributed by atoms with Gasteiger partial charge in [-0.25, -0.2) is 0 Å². The fourth-order valence-electron chi connectivity index (χ4n) is 8.68. The van der Waals surface area contributed by atoms with Gasteiger partial charge < -0.3 is 20.4 Å². The van der Waals surface area contributed by atoms with Crippen molar-refractivity contribution < 1.29 is 25.2 Å². The van der Waals surface area contributed by atoms with Crippen molar-refractivity contribution in [2.75, 3.05) is 0 Å². The van der Waals surface area contributed by atoms with Crippen molar-refractivity contribution in [3.05, 3.63) is 0 Å². The summed E-state index contributed by atoms with van der Waals surface area (Å²) in [6.45, 7) is 6.72. The van der Waals surface area contributed by atoms with Gasteiger partial charge in [-0.2, -0.15) is 0 Å². The van der Waals surface area contributed by atoms with Gasteiger partial charge in [0.2, 0.25) is 0 Å². The van der Waals surface area contributed by atoms with Crippen LogP contribution in [0.4, 0.5) is 0 Å². The highest BCUT2D eigenvalue weighted by molar-refractivity contribution is 5.66. The largest absolute Gasteiger partial charge is 0.481 e. The van der Waals surface area contributed by atoms with Crippen LogP contribution in [0.3, 0.4) is 0 Å². The normalized spacial score (nSPS) is 52.9. The van der Waals surface area contributed by atoms with E-state index in [0.29, 0.717) is 30.1 Å². The van der Waals surface area contributed by atoms with Crippen molar-refractivity contribution >= 4 is 5.97 Å². The van der Waals surface area contributed by atoms with Crippen LogP contribution in [-0.2, 0) is 4.79 Å². The molecule has 4 aliphatic carbocycles. The average molecular weight is 409 g/mol. The van der Waals surface area contributed by atoms with E-state index in [-0.39, 0.29) is 41.3 Å². The summed E-state index contributed by atoms with van der Waals surface area (Å²) in [6, 6.07) is 0. The smallest absolute Gasteiger partial charge is 0.303 e.